The van der Waals surface area contributed by atoms with E-state index in [4.69, 9.17) is 9.47 Å². The summed E-state index contributed by atoms with van der Waals surface area (Å²) in [5.74, 6) is 1.73. The van der Waals surface area contributed by atoms with E-state index < -0.39 is 0 Å². The van der Waals surface area contributed by atoms with Crippen molar-refractivity contribution in [2.45, 2.75) is 33.7 Å². The molecule has 0 saturated heterocycles. The Morgan fingerprint density at radius 2 is 1.67 bits per heavy atom. The number of methoxy groups -OCH3 is 1. The van der Waals surface area contributed by atoms with E-state index in [1.54, 1.807) is 7.11 Å². The summed E-state index contributed by atoms with van der Waals surface area (Å²) in [4.78, 5) is 0. The Labute approximate surface area is 110 Å². The first-order valence-electron chi connectivity index (χ1n) is 6.47. The Morgan fingerprint density at radius 1 is 1.11 bits per heavy atom. The zero-order chi connectivity index (χ0) is 13.6. The van der Waals surface area contributed by atoms with Crippen LogP contribution in [0.25, 0.3) is 0 Å². The van der Waals surface area contributed by atoms with Crippen molar-refractivity contribution in [3.8, 4) is 11.5 Å². The molecule has 1 rings (SSSR count). The van der Waals surface area contributed by atoms with Crippen molar-refractivity contribution < 1.29 is 9.47 Å². The van der Waals surface area contributed by atoms with Gasteiger partial charge in [0.2, 0.25) is 0 Å². The third kappa shape index (κ3) is 4.57. The predicted molar refractivity (Wildman–Crippen MR) is 75.4 cm³/mol. The number of hydrogen-bond acceptors (Lipinski definition) is 3. The highest BCUT2D eigenvalue weighted by Crippen LogP contribution is 2.22. The van der Waals surface area contributed by atoms with Crippen LogP contribution in [-0.4, -0.2) is 26.3 Å². The topological polar surface area (TPSA) is 30.5 Å². The van der Waals surface area contributed by atoms with Crippen molar-refractivity contribution in [3.05, 3.63) is 24.3 Å². The molecule has 3 nitrogen and oxygen atoms in total. The van der Waals surface area contributed by atoms with E-state index >= 15 is 0 Å². The molecular weight excluding hydrogens is 226 g/mol. The van der Waals surface area contributed by atoms with Gasteiger partial charge in [0.25, 0.3) is 0 Å². The Morgan fingerprint density at radius 3 is 2.11 bits per heavy atom. The lowest BCUT2D eigenvalue weighted by atomic mass is 9.87. The highest BCUT2D eigenvalue weighted by atomic mass is 16.5. The van der Waals surface area contributed by atoms with E-state index in [-0.39, 0.29) is 5.41 Å². The second-order valence-electron chi connectivity index (χ2n) is 5.46. The lowest BCUT2D eigenvalue weighted by Gasteiger charge is -2.31. The summed E-state index contributed by atoms with van der Waals surface area (Å²) in [7, 11) is 1.66. The maximum atomic E-state index is 5.83. The molecule has 18 heavy (non-hydrogen) atoms. The van der Waals surface area contributed by atoms with Crippen LogP contribution in [0.5, 0.6) is 11.5 Å². The van der Waals surface area contributed by atoms with Crippen LogP contribution in [0.1, 0.15) is 27.7 Å². The molecule has 0 aliphatic rings. The second-order valence-corrected chi connectivity index (χ2v) is 5.46. The fourth-order valence-electron chi connectivity index (χ4n) is 1.71. The van der Waals surface area contributed by atoms with E-state index in [0.29, 0.717) is 12.6 Å². The van der Waals surface area contributed by atoms with Crippen LogP contribution in [0.15, 0.2) is 24.3 Å². The molecule has 0 amide bonds. The number of hydrogen-bond donors (Lipinski definition) is 1. The van der Waals surface area contributed by atoms with Gasteiger partial charge in [-0.25, -0.2) is 0 Å². The minimum Gasteiger partial charge on any atom is -0.497 e. The van der Waals surface area contributed by atoms with Crippen LogP contribution in [0.3, 0.4) is 0 Å². The monoisotopic (exact) mass is 251 g/mol. The lowest BCUT2D eigenvalue weighted by molar-refractivity contribution is 0.176. The molecule has 102 valence electrons. The normalized spacial score (nSPS) is 13.2. The van der Waals surface area contributed by atoms with Crippen molar-refractivity contribution in [1.82, 2.24) is 5.32 Å². The molecule has 0 saturated carbocycles. The van der Waals surface area contributed by atoms with Gasteiger partial charge in [-0.1, -0.05) is 27.7 Å². The molecule has 0 aliphatic heterocycles. The molecule has 0 fully saturated rings. The Hall–Kier alpha value is -1.22. The van der Waals surface area contributed by atoms with Crippen molar-refractivity contribution in [3.63, 3.8) is 0 Å². The molecule has 1 unspecified atom stereocenters. The Kier molecular flexibility index (Phi) is 5.48. The minimum absolute atomic E-state index is 0.183. The molecule has 1 aromatic rings. The standard InChI is InChI=1S/C15H25NO2/c1-6-16-14(15(2,3)4)11-18-13-9-7-12(17-5)8-10-13/h7-10,14,16H,6,11H2,1-5H3. The number of ether oxygens (including phenoxy) is 2. The predicted octanol–water partition coefficient (Wildman–Crippen LogP) is 3.10. The van der Waals surface area contributed by atoms with Crippen molar-refractivity contribution >= 4 is 0 Å². The van der Waals surface area contributed by atoms with E-state index in [1.807, 2.05) is 24.3 Å². The highest BCUT2D eigenvalue weighted by Gasteiger charge is 2.24. The summed E-state index contributed by atoms with van der Waals surface area (Å²) in [6, 6.07) is 8.03. The first-order valence-corrected chi connectivity index (χ1v) is 6.47. The van der Waals surface area contributed by atoms with Gasteiger partial charge in [0.1, 0.15) is 18.1 Å². The van der Waals surface area contributed by atoms with Crippen molar-refractivity contribution in [1.29, 1.82) is 0 Å². The summed E-state index contributed by atoms with van der Waals surface area (Å²) in [6.07, 6.45) is 0. The maximum Gasteiger partial charge on any atom is 0.119 e. The van der Waals surface area contributed by atoms with Gasteiger partial charge >= 0.3 is 0 Å². The average molecular weight is 251 g/mol. The number of likely N-dealkylation sites (N-methyl/N-ethyl adjacent to an activating group) is 1. The van der Waals surface area contributed by atoms with Crippen LogP contribution in [-0.2, 0) is 0 Å². The van der Waals surface area contributed by atoms with Gasteiger partial charge in [-0.15, -0.1) is 0 Å². The molecule has 0 radical (unpaired) electrons. The van der Waals surface area contributed by atoms with Crippen LogP contribution in [0.2, 0.25) is 0 Å². The highest BCUT2D eigenvalue weighted by molar-refractivity contribution is 5.31. The van der Waals surface area contributed by atoms with Crippen LogP contribution >= 0.6 is 0 Å². The van der Waals surface area contributed by atoms with E-state index in [9.17, 15) is 0 Å². The molecule has 1 N–H and O–H groups in total. The largest absolute Gasteiger partial charge is 0.497 e. The smallest absolute Gasteiger partial charge is 0.119 e. The summed E-state index contributed by atoms with van der Waals surface area (Å²) in [6.45, 7) is 10.4. The Balaban J connectivity index is 2.55. The second kappa shape index (κ2) is 6.64. The third-order valence-corrected chi connectivity index (χ3v) is 2.97. The molecule has 0 aliphatic carbocycles. The summed E-state index contributed by atoms with van der Waals surface area (Å²) >= 11 is 0. The fourth-order valence-corrected chi connectivity index (χ4v) is 1.71. The van der Waals surface area contributed by atoms with Crippen LogP contribution < -0.4 is 14.8 Å². The van der Waals surface area contributed by atoms with E-state index in [2.05, 4.69) is 33.0 Å². The van der Waals surface area contributed by atoms with Gasteiger partial charge < -0.3 is 14.8 Å². The number of rotatable bonds is 6. The molecule has 0 aromatic heterocycles. The molecule has 1 aromatic carbocycles. The van der Waals surface area contributed by atoms with Crippen molar-refractivity contribution in [2.75, 3.05) is 20.3 Å². The minimum atomic E-state index is 0.183. The number of nitrogens with one attached hydrogen (secondary N) is 1. The summed E-state index contributed by atoms with van der Waals surface area (Å²) < 4.78 is 10.9. The summed E-state index contributed by atoms with van der Waals surface area (Å²) in [5.41, 5.74) is 0.183. The fraction of sp³-hybridized carbons (Fsp3) is 0.600. The van der Waals surface area contributed by atoms with Gasteiger partial charge in [-0.3, -0.25) is 0 Å². The molecule has 0 bridgehead atoms. The molecule has 0 heterocycles. The molecule has 1 atom stereocenters. The summed E-state index contributed by atoms with van der Waals surface area (Å²) in [5, 5.41) is 3.47. The zero-order valence-corrected chi connectivity index (χ0v) is 12.1. The lowest BCUT2D eigenvalue weighted by Crippen LogP contribution is -2.44. The first kappa shape index (κ1) is 14.8. The molecular formula is C15H25NO2. The quantitative estimate of drug-likeness (QED) is 0.842. The molecule has 3 heteroatoms. The Bertz CT molecular complexity index is 341. The first-order chi connectivity index (χ1) is 8.47. The van der Waals surface area contributed by atoms with Crippen LogP contribution in [0.4, 0.5) is 0 Å². The van der Waals surface area contributed by atoms with Gasteiger partial charge in [0, 0.05) is 6.04 Å². The SMILES string of the molecule is CCNC(COc1ccc(OC)cc1)C(C)(C)C. The van der Waals surface area contributed by atoms with Crippen molar-refractivity contribution in [2.24, 2.45) is 5.41 Å². The van der Waals surface area contributed by atoms with E-state index in [0.717, 1.165) is 18.0 Å². The van der Waals surface area contributed by atoms with Gasteiger partial charge in [0.05, 0.1) is 7.11 Å². The average Bonchev–Trinajstić information content (AvgIpc) is 2.33. The van der Waals surface area contributed by atoms with Gasteiger partial charge in [-0.2, -0.15) is 0 Å². The molecule has 0 spiro atoms. The number of benzene rings is 1. The third-order valence-electron chi connectivity index (χ3n) is 2.97. The van der Waals surface area contributed by atoms with Gasteiger partial charge in [-0.05, 0) is 36.2 Å². The van der Waals surface area contributed by atoms with Crippen LogP contribution in [0, 0.1) is 5.41 Å². The van der Waals surface area contributed by atoms with E-state index in [1.165, 1.54) is 0 Å². The zero-order valence-electron chi connectivity index (χ0n) is 12.1. The maximum absolute atomic E-state index is 5.83. The van der Waals surface area contributed by atoms with Gasteiger partial charge in [0.15, 0.2) is 0 Å².